The van der Waals surface area contributed by atoms with Crippen molar-refractivity contribution in [2.24, 2.45) is 0 Å². The second-order valence-electron chi connectivity index (χ2n) is 6.99. The summed E-state index contributed by atoms with van der Waals surface area (Å²) in [6, 6.07) is 25.6. The number of hydrogen-bond donors (Lipinski definition) is 1. The molecule has 4 heteroatoms. The third-order valence-electron chi connectivity index (χ3n) is 4.85. The Morgan fingerprint density at radius 1 is 0.897 bits per heavy atom. The predicted octanol–water partition coefficient (Wildman–Crippen LogP) is 5.54. The highest BCUT2D eigenvalue weighted by Gasteiger charge is 2.12. The topological polar surface area (TPSA) is 51.2 Å². The van der Waals surface area contributed by atoms with Crippen molar-refractivity contribution in [2.45, 2.75) is 13.8 Å². The number of carbonyl (C=O) groups excluding carboxylic acids is 1. The quantitative estimate of drug-likeness (QED) is 0.493. The first-order valence-corrected chi connectivity index (χ1v) is 9.56. The average molecular weight is 382 g/mol. The molecule has 29 heavy (non-hydrogen) atoms. The number of hydrogen-bond acceptors (Lipinski definition) is 3. The standard InChI is InChI=1S/C25H22N2O2/c1-17-9-8-10-18(2)25(17)27-24(28)16-29-23-15-22(19-11-4-3-5-12-19)26-21-14-7-6-13-20(21)23/h3-15H,16H2,1-2H3,(H,27,28). The van der Waals surface area contributed by atoms with Crippen molar-refractivity contribution >= 4 is 22.5 Å². The molecule has 0 bridgehead atoms. The lowest BCUT2D eigenvalue weighted by molar-refractivity contribution is -0.118. The van der Waals surface area contributed by atoms with E-state index < -0.39 is 0 Å². The fourth-order valence-electron chi connectivity index (χ4n) is 3.35. The molecule has 4 rings (SSSR count). The third-order valence-corrected chi connectivity index (χ3v) is 4.85. The zero-order chi connectivity index (χ0) is 20.2. The van der Waals surface area contributed by atoms with E-state index >= 15 is 0 Å². The van der Waals surface area contributed by atoms with Gasteiger partial charge < -0.3 is 10.1 Å². The first-order valence-electron chi connectivity index (χ1n) is 9.56. The minimum atomic E-state index is -0.190. The summed E-state index contributed by atoms with van der Waals surface area (Å²) in [5.74, 6) is 0.454. The number of ether oxygens (including phenoxy) is 1. The van der Waals surface area contributed by atoms with Gasteiger partial charge in [0.15, 0.2) is 6.61 Å². The van der Waals surface area contributed by atoms with Crippen molar-refractivity contribution in [3.05, 3.63) is 90.0 Å². The van der Waals surface area contributed by atoms with Crippen molar-refractivity contribution in [1.29, 1.82) is 0 Å². The van der Waals surface area contributed by atoms with Gasteiger partial charge in [-0.2, -0.15) is 0 Å². The number of fused-ring (bicyclic) bond motifs is 1. The van der Waals surface area contributed by atoms with Crippen LogP contribution in [0, 0.1) is 13.8 Å². The van der Waals surface area contributed by atoms with E-state index in [0.717, 1.165) is 39.0 Å². The van der Waals surface area contributed by atoms with Crippen LogP contribution in [0.1, 0.15) is 11.1 Å². The maximum atomic E-state index is 12.5. The Balaban J connectivity index is 1.59. The lowest BCUT2D eigenvalue weighted by Gasteiger charge is -2.14. The largest absolute Gasteiger partial charge is 0.483 e. The summed E-state index contributed by atoms with van der Waals surface area (Å²) in [5.41, 5.74) is 5.54. The number of nitrogens with zero attached hydrogens (tertiary/aromatic N) is 1. The van der Waals surface area contributed by atoms with Crippen LogP contribution in [-0.4, -0.2) is 17.5 Å². The molecule has 0 fully saturated rings. The Kier molecular flexibility index (Phi) is 5.25. The molecule has 1 amide bonds. The minimum absolute atomic E-state index is 0.0734. The molecule has 0 spiro atoms. The van der Waals surface area contributed by atoms with E-state index in [0.29, 0.717) is 5.75 Å². The summed E-state index contributed by atoms with van der Waals surface area (Å²) >= 11 is 0. The van der Waals surface area contributed by atoms with Crippen molar-refractivity contribution in [1.82, 2.24) is 4.98 Å². The molecule has 0 radical (unpaired) electrons. The van der Waals surface area contributed by atoms with Crippen LogP contribution in [0.4, 0.5) is 5.69 Å². The van der Waals surface area contributed by atoms with Gasteiger partial charge in [0.1, 0.15) is 5.75 Å². The number of nitrogens with one attached hydrogen (secondary N) is 1. The van der Waals surface area contributed by atoms with E-state index in [1.165, 1.54) is 0 Å². The number of anilines is 1. The van der Waals surface area contributed by atoms with E-state index in [-0.39, 0.29) is 12.5 Å². The highest BCUT2D eigenvalue weighted by Crippen LogP contribution is 2.30. The number of carbonyl (C=O) groups is 1. The van der Waals surface area contributed by atoms with Gasteiger partial charge in [0.25, 0.3) is 5.91 Å². The van der Waals surface area contributed by atoms with Gasteiger partial charge in [-0.05, 0) is 37.1 Å². The number of amides is 1. The first-order chi connectivity index (χ1) is 14.1. The van der Waals surface area contributed by atoms with Gasteiger partial charge in [0, 0.05) is 22.7 Å². The summed E-state index contributed by atoms with van der Waals surface area (Å²) in [6.07, 6.45) is 0. The molecule has 144 valence electrons. The molecule has 0 aliphatic heterocycles. The van der Waals surface area contributed by atoms with Crippen molar-refractivity contribution < 1.29 is 9.53 Å². The van der Waals surface area contributed by atoms with Crippen LogP contribution in [-0.2, 0) is 4.79 Å². The van der Waals surface area contributed by atoms with Gasteiger partial charge in [0.2, 0.25) is 0 Å². The highest BCUT2D eigenvalue weighted by molar-refractivity contribution is 5.94. The van der Waals surface area contributed by atoms with Gasteiger partial charge in [0.05, 0.1) is 11.2 Å². The lowest BCUT2D eigenvalue weighted by atomic mass is 10.1. The summed E-state index contributed by atoms with van der Waals surface area (Å²) < 4.78 is 5.94. The van der Waals surface area contributed by atoms with Crippen LogP contribution in [0.5, 0.6) is 5.75 Å². The van der Waals surface area contributed by atoms with Gasteiger partial charge in [-0.1, -0.05) is 60.7 Å². The van der Waals surface area contributed by atoms with E-state index in [1.807, 2.05) is 92.7 Å². The molecule has 0 unspecified atom stereocenters. The smallest absolute Gasteiger partial charge is 0.262 e. The van der Waals surface area contributed by atoms with Gasteiger partial charge in [-0.3, -0.25) is 4.79 Å². The molecule has 1 aromatic heterocycles. The molecule has 4 nitrogen and oxygen atoms in total. The maximum Gasteiger partial charge on any atom is 0.262 e. The van der Waals surface area contributed by atoms with Crippen molar-refractivity contribution in [3.8, 4) is 17.0 Å². The monoisotopic (exact) mass is 382 g/mol. The first kappa shape index (κ1) is 18.7. The second kappa shape index (κ2) is 8.15. The molecule has 0 aliphatic rings. The Morgan fingerprint density at radius 2 is 1.59 bits per heavy atom. The summed E-state index contributed by atoms with van der Waals surface area (Å²) in [4.78, 5) is 17.3. The lowest BCUT2D eigenvalue weighted by Crippen LogP contribution is -2.21. The van der Waals surface area contributed by atoms with Crippen molar-refractivity contribution in [3.63, 3.8) is 0 Å². The van der Waals surface area contributed by atoms with Crippen molar-refractivity contribution in [2.75, 3.05) is 11.9 Å². The Morgan fingerprint density at radius 3 is 2.34 bits per heavy atom. The molecular weight excluding hydrogens is 360 g/mol. The fraction of sp³-hybridized carbons (Fsp3) is 0.120. The van der Waals surface area contributed by atoms with E-state index in [2.05, 4.69) is 5.32 Å². The molecule has 3 aromatic carbocycles. The van der Waals surface area contributed by atoms with E-state index in [9.17, 15) is 4.79 Å². The molecule has 0 atom stereocenters. The second-order valence-corrected chi connectivity index (χ2v) is 6.99. The molecule has 1 heterocycles. The number of aryl methyl sites for hydroxylation is 2. The van der Waals surface area contributed by atoms with E-state index in [4.69, 9.17) is 9.72 Å². The van der Waals surface area contributed by atoms with Crippen LogP contribution < -0.4 is 10.1 Å². The fourth-order valence-corrected chi connectivity index (χ4v) is 3.35. The Labute approximate surface area is 170 Å². The van der Waals surface area contributed by atoms with Gasteiger partial charge in [-0.25, -0.2) is 4.98 Å². The summed E-state index contributed by atoms with van der Waals surface area (Å²) in [5, 5.41) is 3.85. The van der Waals surface area contributed by atoms with E-state index in [1.54, 1.807) is 0 Å². The zero-order valence-electron chi connectivity index (χ0n) is 16.5. The number of aromatic nitrogens is 1. The van der Waals surface area contributed by atoms with Crippen LogP contribution >= 0.6 is 0 Å². The van der Waals surface area contributed by atoms with Gasteiger partial charge >= 0.3 is 0 Å². The van der Waals surface area contributed by atoms with Gasteiger partial charge in [-0.15, -0.1) is 0 Å². The zero-order valence-corrected chi connectivity index (χ0v) is 16.5. The molecule has 0 saturated carbocycles. The highest BCUT2D eigenvalue weighted by atomic mass is 16.5. The van der Waals surface area contributed by atoms with Crippen LogP contribution in [0.3, 0.4) is 0 Å². The molecular formula is C25H22N2O2. The number of rotatable bonds is 5. The predicted molar refractivity (Wildman–Crippen MR) is 117 cm³/mol. The average Bonchev–Trinajstić information content (AvgIpc) is 2.75. The molecule has 0 saturated heterocycles. The Hall–Kier alpha value is -3.66. The maximum absolute atomic E-state index is 12.5. The van der Waals surface area contributed by atoms with Crippen LogP contribution in [0.25, 0.3) is 22.2 Å². The third kappa shape index (κ3) is 4.11. The Bertz CT molecular complexity index is 1150. The van der Waals surface area contributed by atoms with Crippen LogP contribution in [0.15, 0.2) is 78.9 Å². The normalized spacial score (nSPS) is 10.7. The van der Waals surface area contributed by atoms with Crippen LogP contribution in [0.2, 0.25) is 0 Å². The minimum Gasteiger partial charge on any atom is -0.483 e. The number of para-hydroxylation sites is 2. The number of benzene rings is 3. The summed E-state index contributed by atoms with van der Waals surface area (Å²) in [7, 11) is 0. The number of pyridine rings is 1. The summed E-state index contributed by atoms with van der Waals surface area (Å²) in [6.45, 7) is 3.88. The molecule has 4 aromatic rings. The molecule has 1 N–H and O–H groups in total. The molecule has 0 aliphatic carbocycles. The SMILES string of the molecule is Cc1cccc(C)c1NC(=O)COc1cc(-c2ccccc2)nc2ccccc12.